The van der Waals surface area contributed by atoms with Crippen molar-refractivity contribution in [2.45, 2.75) is 26.2 Å². The van der Waals surface area contributed by atoms with Crippen molar-refractivity contribution in [1.29, 1.82) is 0 Å². The molecule has 3 N–H and O–H groups in total. The van der Waals surface area contributed by atoms with Crippen LogP contribution in [0.5, 0.6) is 0 Å². The molecule has 0 heterocycles. The molecule has 1 unspecified atom stereocenters. The molecule has 2 aromatic rings. The molecule has 0 spiro atoms. The highest BCUT2D eigenvalue weighted by molar-refractivity contribution is 14.0. The largest absolute Gasteiger partial charge is 0.396 e. The van der Waals surface area contributed by atoms with Gasteiger partial charge in [-0.1, -0.05) is 60.2 Å². The Kier molecular flexibility index (Phi) is 11.0. The molecule has 0 fully saturated rings. The summed E-state index contributed by atoms with van der Waals surface area (Å²) in [7, 11) is 0. The van der Waals surface area contributed by atoms with E-state index in [1.165, 1.54) is 11.1 Å². The summed E-state index contributed by atoms with van der Waals surface area (Å²) in [5.41, 5.74) is 3.71. The first kappa shape index (κ1) is 22.4. The molecule has 0 amide bonds. The van der Waals surface area contributed by atoms with E-state index in [1.54, 1.807) is 0 Å². The Balaban J connectivity index is 0.00000338. The number of rotatable bonds is 8. The minimum Gasteiger partial charge on any atom is -0.396 e. The molecular formula is C21H30IN3O. The van der Waals surface area contributed by atoms with Gasteiger partial charge in [0, 0.05) is 19.0 Å². The quantitative estimate of drug-likeness (QED) is 0.317. The zero-order valence-corrected chi connectivity index (χ0v) is 17.9. The summed E-state index contributed by atoms with van der Waals surface area (Å²) < 4.78 is 0. The average molecular weight is 467 g/mol. The molecule has 2 aromatic carbocycles. The van der Waals surface area contributed by atoms with Crippen LogP contribution in [-0.2, 0) is 6.42 Å². The summed E-state index contributed by atoms with van der Waals surface area (Å²) in [6.45, 7) is 6.44. The van der Waals surface area contributed by atoms with Crippen molar-refractivity contribution in [1.82, 2.24) is 10.6 Å². The number of benzene rings is 2. The Morgan fingerprint density at radius 2 is 1.73 bits per heavy atom. The first-order valence-corrected chi connectivity index (χ1v) is 8.96. The van der Waals surface area contributed by atoms with Crippen LogP contribution in [0.1, 0.15) is 29.5 Å². The fourth-order valence-electron chi connectivity index (χ4n) is 2.62. The second kappa shape index (κ2) is 12.7. The highest BCUT2D eigenvalue weighted by Gasteiger charge is 2.09. The number of aliphatic hydroxyl groups is 1. The lowest BCUT2D eigenvalue weighted by atomic mass is 10.0. The Bertz CT molecular complexity index is 644. The Labute approximate surface area is 174 Å². The maximum atomic E-state index is 9.66. The number of nitrogens with zero attached hydrogens (tertiary/aromatic N) is 1. The first-order valence-electron chi connectivity index (χ1n) is 8.96. The van der Waals surface area contributed by atoms with Gasteiger partial charge in [0.15, 0.2) is 5.96 Å². The highest BCUT2D eigenvalue weighted by atomic mass is 127. The Hall–Kier alpha value is -1.60. The van der Waals surface area contributed by atoms with Crippen molar-refractivity contribution in [3.63, 3.8) is 0 Å². The minimum atomic E-state index is 0. The second-order valence-electron chi connectivity index (χ2n) is 6.17. The van der Waals surface area contributed by atoms with Gasteiger partial charge < -0.3 is 15.7 Å². The van der Waals surface area contributed by atoms with Crippen LogP contribution in [0, 0.1) is 6.92 Å². The highest BCUT2D eigenvalue weighted by Crippen LogP contribution is 2.14. The summed E-state index contributed by atoms with van der Waals surface area (Å²) in [5, 5.41) is 16.3. The molecule has 2 rings (SSSR count). The Morgan fingerprint density at radius 3 is 2.35 bits per heavy atom. The monoisotopic (exact) mass is 467 g/mol. The standard InChI is InChI=1S/C21H29N3O.HI/c1-3-22-21(23-14-13-18-11-9-17(2)10-12-18)24-15-20(16-25)19-7-5-4-6-8-19;/h4-12,20,25H,3,13-16H2,1-2H3,(H2,22,23,24);1H. The van der Waals surface area contributed by atoms with Gasteiger partial charge in [0.25, 0.3) is 0 Å². The fourth-order valence-corrected chi connectivity index (χ4v) is 2.62. The van der Waals surface area contributed by atoms with E-state index >= 15 is 0 Å². The van der Waals surface area contributed by atoms with Gasteiger partial charge in [-0.15, -0.1) is 24.0 Å². The lowest BCUT2D eigenvalue weighted by molar-refractivity contribution is 0.268. The number of aliphatic hydroxyl groups excluding tert-OH is 1. The van der Waals surface area contributed by atoms with E-state index in [0.29, 0.717) is 6.54 Å². The molecule has 142 valence electrons. The van der Waals surface area contributed by atoms with E-state index in [-0.39, 0.29) is 36.5 Å². The number of hydrogen-bond acceptors (Lipinski definition) is 2. The van der Waals surface area contributed by atoms with Crippen LogP contribution in [0.25, 0.3) is 0 Å². The molecule has 0 bridgehead atoms. The smallest absolute Gasteiger partial charge is 0.191 e. The lowest BCUT2D eigenvalue weighted by Gasteiger charge is -2.15. The van der Waals surface area contributed by atoms with Crippen LogP contribution in [-0.4, -0.2) is 37.3 Å². The third-order valence-electron chi connectivity index (χ3n) is 4.13. The predicted octanol–water partition coefficient (Wildman–Crippen LogP) is 3.49. The topological polar surface area (TPSA) is 56.7 Å². The lowest BCUT2D eigenvalue weighted by Crippen LogP contribution is -2.38. The van der Waals surface area contributed by atoms with Crippen molar-refractivity contribution in [3.8, 4) is 0 Å². The van der Waals surface area contributed by atoms with Gasteiger partial charge >= 0.3 is 0 Å². The molecule has 0 radical (unpaired) electrons. The van der Waals surface area contributed by atoms with Gasteiger partial charge in [0.1, 0.15) is 0 Å². The van der Waals surface area contributed by atoms with Crippen molar-refractivity contribution in [2.75, 3.05) is 26.2 Å². The summed E-state index contributed by atoms with van der Waals surface area (Å²) in [6.07, 6.45) is 0.951. The van der Waals surface area contributed by atoms with E-state index in [1.807, 2.05) is 30.3 Å². The van der Waals surface area contributed by atoms with Crippen LogP contribution in [0.2, 0.25) is 0 Å². The molecule has 0 saturated carbocycles. The maximum absolute atomic E-state index is 9.66. The zero-order valence-electron chi connectivity index (χ0n) is 15.6. The molecular weight excluding hydrogens is 437 g/mol. The fraction of sp³-hybridized carbons (Fsp3) is 0.381. The number of aliphatic imine (C=N–C) groups is 1. The summed E-state index contributed by atoms with van der Waals surface area (Å²) in [5.74, 6) is 0.817. The zero-order chi connectivity index (χ0) is 17.9. The molecule has 4 nitrogen and oxygen atoms in total. The number of aryl methyl sites for hydroxylation is 1. The molecule has 0 aliphatic heterocycles. The Morgan fingerprint density at radius 1 is 1.04 bits per heavy atom. The van der Waals surface area contributed by atoms with Gasteiger partial charge in [-0.25, -0.2) is 0 Å². The van der Waals surface area contributed by atoms with Gasteiger partial charge in [-0.2, -0.15) is 0 Å². The summed E-state index contributed by atoms with van der Waals surface area (Å²) in [6, 6.07) is 18.6. The molecule has 26 heavy (non-hydrogen) atoms. The predicted molar refractivity (Wildman–Crippen MR) is 121 cm³/mol. The van der Waals surface area contributed by atoms with Crippen LogP contribution in [0.3, 0.4) is 0 Å². The molecule has 0 saturated heterocycles. The third-order valence-corrected chi connectivity index (χ3v) is 4.13. The first-order chi connectivity index (χ1) is 12.2. The number of guanidine groups is 1. The van der Waals surface area contributed by atoms with E-state index in [0.717, 1.165) is 31.0 Å². The van der Waals surface area contributed by atoms with Crippen molar-refractivity contribution in [2.24, 2.45) is 4.99 Å². The SMILES string of the molecule is CCNC(=NCC(CO)c1ccccc1)NCCc1ccc(C)cc1.I. The molecule has 0 aliphatic carbocycles. The van der Waals surface area contributed by atoms with E-state index in [9.17, 15) is 5.11 Å². The number of halogens is 1. The summed E-state index contributed by atoms with van der Waals surface area (Å²) >= 11 is 0. The van der Waals surface area contributed by atoms with Crippen LogP contribution >= 0.6 is 24.0 Å². The second-order valence-corrected chi connectivity index (χ2v) is 6.17. The molecule has 0 aromatic heterocycles. The van der Waals surface area contributed by atoms with Crippen LogP contribution < -0.4 is 10.6 Å². The van der Waals surface area contributed by atoms with Crippen molar-refractivity contribution < 1.29 is 5.11 Å². The summed E-state index contributed by atoms with van der Waals surface area (Å²) in [4.78, 5) is 4.64. The van der Waals surface area contributed by atoms with Gasteiger partial charge in [-0.05, 0) is 31.4 Å². The number of nitrogens with one attached hydrogen (secondary N) is 2. The maximum Gasteiger partial charge on any atom is 0.191 e. The van der Waals surface area contributed by atoms with E-state index in [4.69, 9.17) is 0 Å². The number of hydrogen-bond donors (Lipinski definition) is 3. The molecule has 1 atom stereocenters. The van der Waals surface area contributed by atoms with Gasteiger partial charge in [0.2, 0.25) is 0 Å². The van der Waals surface area contributed by atoms with Crippen LogP contribution in [0.4, 0.5) is 0 Å². The normalized spacial score (nSPS) is 12.2. The van der Waals surface area contributed by atoms with Crippen molar-refractivity contribution >= 4 is 29.9 Å². The van der Waals surface area contributed by atoms with Gasteiger partial charge in [0.05, 0.1) is 13.2 Å². The minimum absolute atomic E-state index is 0. The van der Waals surface area contributed by atoms with Gasteiger partial charge in [-0.3, -0.25) is 4.99 Å². The van der Waals surface area contributed by atoms with Crippen LogP contribution in [0.15, 0.2) is 59.6 Å². The van der Waals surface area contributed by atoms with Crippen molar-refractivity contribution in [3.05, 3.63) is 71.3 Å². The molecule has 5 heteroatoms. The molecule has 0 aliphatic rings. The average Bonchev–Trinajstić information content (AvgIpc) is 2.64. The third kappa shape index (κ3) is 7.74. The van der Waals surface area contributed by atoms with E-state index in [2.05, 4.69) is 53.7 Å². The van der Waals surface area contributed by atoms with E-state index < -0.39 is 0 Å².